The Morgan fingerprint density at radius 1 is 1.00 bits per heavy atom. The molecule has 0 aliphatic rings. The molecule has 2 aromatic heterocycles. The summed E-state index contributed by atoms with van der Waals surface area (Å²) in [5.41, 5.74) is 2.36. The molecule has 29 heavy (non-hydrogen) atoms. The lowest BCUT2D eigenvalue weighted by atomic mass is 10.1. The predicted molar refractivity (Wildman–Crippen MR) is 110 cm³/mol. The molecule has 10 heteroatoms. The van der Waals surface area contributed by atoms with Crippen LogP contribution in [0, 0.1) is 20.8 Å². The van der Waals surface area contributed by atoms with Crippen molar-refractivity contribution in [1.82, 2.24) is 24.7 Å². The Labute approximate surface area is 170 Å². The van der Waals surface area contributed by atoms with Crippen LogP contribution >= 0.6 is 0 Å². The Balaban J connectivity index is 1.56. The molecule has 1 aromatic carbocycles. The zero-order valence-electron chi connectivity index (χ0n) is 16.8. The Bertz CT molecular complexity index is 1090. The number of nitrogens with zero attached hydrogens (tertiary/aromatic N) is 4. The van der Waals surface area contributed by atoms with Gasteiger partial charge in [-0.2, -0.15) is 5.10 Å². The van der Waals surface area contributed by atoms with E-state index in [4.69, 9.17) is 4.74 Å². The van der Waals surface area contributed by atoms with Crippen LogP contribution in [0.5, 0.6) is 5.75 Å². The first-order valence-electron chi connectivity index (χ1n) is 9.06. The summed E-state index contributed by atoms with van der Waals surface area (Å²) >= 11 is 0. The summed E-state index contributed by atoms with van der Waals surface area (Å²) in [6.45, 7) is 6.07. The molecule has 2 heterocycles. The average molecular weight is 417 g/mol. The Morgan fingerprint density at radius 3 is 2.41 bits per heavy atom. The van der Waals surface area contributed by atoms with Crippen molar-refractivity contribution in [1.29, 1.82) is 0 Å². The third-order valence-electron chi connectivity index (χ3n) is 4.53. The summed E-state index contributed by atoms with van der Waals surface area (Å²) in [7, 11) is -2.07. The van der Waals surface area contributed by atoms with E-state index in [1.807, 2.05) is 26.1 Å². The fraction of sp³-hybridized carbons (Fsp3) is 0.316. The highest BCUT2D eigenvalue weighted by Gasteiger charge is 2.19. The molecule has 2 N–H and O–H groups in total. The Kier molecular flexibility index (Phi) is 6.14. The molecule has 0 unspecified atom stereocenters. The van der Waals surface area contributed by atoms with Crippen LogP contribution < -0.4 is 14.8 Å². The third-order valence-corrected chi connectivity index (χ3v) is 6.13. The van der Waals surface area contributed by atoms with Crippen LogP contribution in [-0.2, 0) is 10.0 Å². The maximum absolute atomic E-state index is 12.6. The van der Waals surface area contributed by atoms with Gasteiger partial charge >= 0.3 is 0 Å². The van der Waals surface area contributed by atoms with Gasteiger partial charge in [0.2, 0.25) is 10.0 Å². The van der Waals surface area contributed by atoms with Crippen LogP contribution in [0.15, 0.2) is 41.4 Å². The van der Waals surface area contributed by atoms with Gasteiger partial charge in [-0.1, -0.05) is 0 Å². The highest BCUT2D eigenvalue weighted by Crippen LogP contribution is 2.26. The van der Waals surface area contributed by atoms with E-state index in [9.17, 15) is 8.42 Å². The van der Waals surface area contributed by atoms with Crippen LogP contribution in [0.1, 0.15) is 16.8 Å². The number of anilines is 1. The van der Waals surface area contributed by atoms with Crippen molar-refractivity contribution in [2.75, 3.05) is 25.5 Å². The molecule has 0 radical (unpaired) electrons. The van der Waals surface area contributed by atoms with Crippen molar-refractivity contribution in [3.8, 4) is 11.6 Å². The van der Waals surface area contributed by atoms with Crippen molar-refractivity contribution in [3.63, 3.8) is 0 Å². The minimum absolute atomic E-state index is 0.203. The molecule has 0 fully saturated rings. The van der Waals surface area contributed by atoms with Gasteiger partial charge in [0.05, 0.1) is 17.7 Å². The summed E-state index contributed by atoms with van der Waals surface area (Å²) in [6, 6.07) is 8.65. The summed E-state index contributed by atoms with van der Waals surface area (Å²) in [6.07, 6.45) is 1.81. The van der Waals surface area contributed by atoms with Gasteiger partial charge in [0.25, 0.3) is 0 Å². The maximum Gasteiger partial charge on any atom is 0.240 e. The van der Waals surface area contributed by atoms with Gasteiger partial charge in [-0.25, -0.2) is 17.8 Å². The van der Waals surface area contributed by atoms with E-state index in [1.54, 1.807) is 43.0 Å². The second kappa shape index (κ2) is 8.58. The molecule has 0 amide bonds. The second-order valence-electron chi connectivity index (χ2n) is 6.52. The lowest BCUT2D eigenvalue weighted by molar-refractivity contribution is 0.410. The first kappa shape index (κ1) is 20.7. The second-order valence-corrected chi connectivity index (χ2v) is 8.25. The minimum atomic E-state index is -3.63. The highest BCUT2D eigenvalue weighted by atomic mass is 32.2. The molecular weight excluding hydrogens is 392 g/mol. The van der Waals surface area contributed by atoms with Crippen molar-refractivity contribution in [3.05, 3.63) is 53.3 Å². The summed E-state index contributed by atoms with van der Waals surface area (Å²) in [5.74, 6) is 1.82. The number of nitrogens with one attached hydrogen (secondary N) is 2. The van der Waals surface area contributed by atoms with Gasteiger partial charge < -0.3 is 10.1 Å². The summed E-state index contributed by atoms with van der Waals surface area (Å²) in [4.78, 5) is 0.245. The fourth-order valence-corrected chi connectivity index (χ4v) is 4.15. The van der Waals surface area contributed by atoms with Crippen molar-refractivity contribution >= 4 is 15.8 Å². The molecule has 3 aromatic rings. The molecule has 0 saturated carbocycles. The topological polar surface area (TPSA) is 111 Å². The van der Waals surface area contributed by atoms with E-state index in [-0.39, 0.29) is 11.4 Å². The van der Waals surface area contributed by atoms with Gasteiger partial charge in [-0.05, 0) is 62.2 Å². The zero-order valence-corrected chi connectivity index (χ0v) is 17.6. The standard InChI is InChI=1S/C19H24N6O3S/c1-13-9-12-25(24-13)19-8-7-18(22-23-19)20-10-11-21-29(26,27)17-6-5-16(28-4)14(2)15(17)3/h5-9,12,21H,10-11H2,1-4H3,(H,20,22). The average Bonchev–Trinajstić information content (AvgIpc) is 3.14. The molecule has 0 bridgehead atoms. The van der Waals surface area contributed by atoms with Crippen LogP contribution in [0.2, 0.25) is 0 Å². The molecule has 154 valence electrons. The number of aromatic nitrogens is 4. The van der Waals surface area contributed by atoms with Crippen LogP contribution in [0.25, 0.3) is 5.82 Å². The monoisotopic (exact) mass is 416 g/mol. The van der Waals surface area contributed by atoms with Gasteiger partial charge in [-0.15, -0.1) is 10.2 Å². The number of hydrogen-bond acceptors (Lipinski definition) is 7. The van der Waals surface area contributed by atoms with Crippen LogP contribution in [0.4, 0.5) is 5.82 Å². The summed E-state index contributed by atoms with van der Waals surface area (Å²) < 4.78 is 34.7. The Hall–Kier alpha value is -2.98. The normalized spacial score (nSPS) is 11.4. The van der Waals surface area contributed by atoms with E-state index < -0.39 is 10.0 Å². The Morgan fingerprint density at radius 2 is 1.79 bits per heavy atom. The number of methoxy groups -OCH3 is 1. The van der Waals surface area contributed by atoms with Crippen molar-refractivity contribution < 1.29 is 13.2 Å². The number of aryl methyl sites for hydroxylation is 1. The first-order valence-corrected chi connectivity index (χ1v) is 10.5. The molecular formula is C19H24N6O3S. The number of rotatable bonds is 8. The van der Waals surface area contributed by atoms with Crippen molar-refractivity contribution in [2.24, 2.45) is 0 Å². The largest absolute Gasteiger partial charge is 0.496 e. The number of sulfonamides is 1. The highest BCUT2D eigenvalue weighted by molar-refractivity contribution is 7.89. The van der Waals surface area contributed by atoms with Gasteiger partial charge in [0.15, 0.2) is 5.82 Å². The van der Waals surface area contributed by atoms with E-state index in [2.05, 4.69) is 25.3 Å². The first-order chi connectivity index (χ1) is 13.8. The van der Waals surface area contributed by atoms with E-state index in [1.165, 1.54) is 0 Å². The fourth-order valence-electron chi connectivity index (χ4n) is 2.82. The molecule has 0 spiro atoms. The van der Waals surface area contributed by atoms with E-state index >= 15 is 0 Å². The molecule has 0 aliphatic heterocycles. The van der Waals surface area contributed by atoms with E-state index in [0.717, 1.165) is 11.3 Å². The summed E-state index contributed by atoms with van der Waals surface area (Å²) in [5, 5.41) is 15.5. The third kappa shape index (κ3) is 4.72. The minimum Gasteiger partial charge on any atom is -0.496 e. The molecule has 0 atom stereocenters. The molecule has 9 nitrogen and oxygen atoms in total. The maximum atomic E-state index is 12.6. The molecule has 0 aliphatic carbocycles. The SMILES string of the molecule is COc1ccc(S(=O)(=O)NCCNc2ccc(-n3ccc(C)n3)nn2)c(C)c1C. The van der Waals surface area contributed by atoms with Crippen LogP contribution in [0.3, 0.4) is 0 Å². The lowest BCUT2D eigenvalue weighted by Gasteiger charge is -2.14. The van der Waals surface area contributed by atoms with E-state index in [0.29, 0.717) is 29.5 Å². The van der Waals surface area contributed by atoms with Gasteiger partial charge in [-0.3, -0.25) is 0 Å². The number of ether oxygens (including phenoxy) is 1. The quantitative estimate of drug-likeness (QED) is 0.540. The molecule has 3 rings (SSSR count). The van der Waals surface area contributed by atoms with Gasteiger partial charge in [0.1, 0.15) is 11.6 Å². The zero-order chi connectivity index (χ0) is 21.0. The lowest BCUT2D eigenvalue weighted by Crippen LogP contribution is -2.29. The van der Waals surface area contributed by atoms with Crippen molar-refractivity contribution in [2.45, 2.75) is 25.7 Å². The number of hydrogen-bond donors (Lipinski definition) is 2. The smallest absolute Gasteiger partial charge is 0.240 e. The number of benzene rings is 1. The van der Waals surface area contributed by atoms with Crippen LogP contribution in [-0.4, -0.2) is 48.6 Å². The predicted octanol–water partition coefficient (Wildman–Crippen LogP) is 1.99. The van der Waals surface area contributed by atoms with Gasteiger partial charge in [0, 0.05) is 19.3 Å². The molecule has 0 saturated heterocycles.